The first-order valence-electron chi connectivity index (χ1n) is 4.45. The van der Waals surface area contributed by atoms with Crippen LogP contribution in [0.3, 0.4) is 0 Å². The summed E-state index contributed by atoms with van der Waals surface area (Å²) in [5.74, 6) is -0.937. The van der Waals surface area contributed by atoms with Crippen LogP contribution in [0.25, 0.3) is 0 Å². The van der Waals surface area contributed by atoms with Crippen LogP contribution < -0.4 is 5.32 Å². The minimum atomic E-state index is -0.937. The lowest BCUT2D eigenvalue weighted by Crippen LogP contribution is -2.20. The van der Waals surface area contributed by atoms with E-state index in [1.54, 1.807) is 12.1 Å². The highest BCUT2D eigenvalue weighted by Gasteiger charge is 2.24. The largest absolute Gasteiger partial charge is 0.478 e. The SMILES string of the molecule is O=C(O)c1cccc2c1N[C@H](CO)C2. The van der Waals surface area contributed by atoms with Gasteiger partial charge in [-0.15, -0.1) is 0 Å². The number of fused-ring (bicyclic) bond motifs is 1. The van der Waals surface area contributed by atoms with Gasteiger partial charge in [0.2, 0.25) is 0 Å². The summed E-state index contributed by atoms with van der Waals surface area (Å²) in [5.41, 5.74) is 1.89. The maximum Gasteiger partial charge on any atom is 0.337 e. The van der Waals surface area contributed by atoms with Crippen LogP contribution in [0.2, 0.25) is 0 Å². The first kappa shape index (κ1) is 9.02. The first-order valence-corrected chi connectivity index (χ1v) is 4.45. The summed E-state index contributed by atoms with van der Waals surface area (Å²) < 4.78 is 0. The Bertz CT molecular complexity index is 376. The van der Waals surface area contributed by atoms with Gasteiger partial charge in [-0.1, -0.05) is 12.1 Å². The van der Waals surface area contributed by atoms with E-state index in [0.29, 0.717) is 12.1 Å². The molecule has 74 valence electrons. The third-order valence-electron chi connectivity index (χ3n) is 2.42. The summed E-state index contributed by atoms with van der Waals surface area (Å²) in [7, 11) is 0. The molecule has 0 spiro atoms. The lowest BCUT2D eigenvalue weighted by molar-refractivity contribution is 0.0698. The van der Waals surface area contributed by atoms with E-state index >= 15 is 0 Å². The molecule has 1 heterocycles. The molecule has 0 amide bonds. The number of carboxylic acid groups (broad SMARTS) is 1. The Morgan fingerprint density at radius 1 is 1.57 bits per heavy atom. The summed E-state index contributed by atoms with van der Waals surface area (Å²) in [6.07, 6.45) is 0.687. The van der Waals surface area contributed by atoms with Crippen LogP contribution in [0, 0.1) is 0 Å². The molecule has 1 aromatic carbocycles. The Kier molecular flexibility index (Phi) is 2.13. The van der Waals surface area contributed by atoms with Crippen LogP contribution in [-0.2, 0) is 6.42 Å². The molecule has 0 saturated carbocycles. The zero-order chi connectivity index (χ0) is 10.1. The maximum atomic E-state index is 10.9. The van der Waals surface area contributed by atoms with Crippen molar-refractivity contribution in [1.82, 2.24) is 0 Å². The van der Waals surface area contributed by atoms with Crippen LogP contribution in [0.1, 0.15) is 15.9 Å². The van der Waals surface area contributed by atoms with Crippen molar-refractivity contribution in [1.29, 1.82) is 0 Å². The molecule has 0 aliphatic carbocycles. The Hall–Kier alpha value is -1.55. The highest BCUT2D eigenvalue weighted by atomic mass is 16.4. The van der Waals surface area contributed by atoms with Crippen LogP contribution in [0.5, 0.6) is 0 Å². The molecule has 14 heavy (non-hydrogen) atoms. The minimum absolute atomic E-state index is 0.0216. The topological polar surface area (TPSA) is 69.6 Å². The van der Waals surface area contributed by atoms with E-state index < -0.39 is 5.97 Å². The van der Waals surface area contributed by atoms with Crippen molar-refractivity contribution in [3.63, 3.8) is 0 Å². The van der Waals surface area contributed by atoms with Gasteiger partial charge in [-0.05, 0) is 18.1 Å². The van der Waals surface area contributed by atoms with Gasteiger partial charge < -0.3 is 15.5 Å². The molecule has 0 radical (unpaired) electrons. The molecule has 2 rings (SSSR count). The van der Waals surface area contributed by atoms with Crippen LogP contribution >= 0.6 is 0 Å². The second-order valence-electron chi connectivity index (χ2n) is 3.37. The van der Waals surface area contributed by atoms with E-state index in [9.17, 15) is 4.79 Å². The second-order valence-corrected chi connectivity index (χ2v) is 3.37. The molecule has 3 N–H and O–H groups in total. The van der Waals surface area contributed by atoms with Gasteiger partial charge in [-0.3, -0.25) is 0 Å². The van der Waals surface area contributed by atoms with Gasteiger partial charge in [0.05, 0.1) is 23.9 Å². The van der Waals surface area contributed by atoms with Crippen LogP contribution in [0.15, 0.2) is 18.2 Å². The molecule has 1 aliphatic heterocycles. The summed E-state index contributed by atoms with van der Waals surface area (Å²) in [6.45, 7) is 0.0216. The molecule has 1 aliphatic rings. The molecule has 4 heteroatoms. The van der Waals surface area contributed by atoms with Gasteiger partial charge in [-0.25, -0.2) is 4.79 Å². The van der Waals surface area contributed by atoms with Gasteiger partial charge in [0.1, 0.15) is 0 Å². The second kappa shape index (κ2) is 3.31. The van der Waals surface area contributed by atoms with Gasteiger partial charge in [0.25, 0.3) is 0 Å². The quantitative estimate of drug-likeness (QED) is 0.647. The third-order valence-corrected chi connectivity index (χ3v) is 2.42. The van der Waals surface area contributed by atoms with Crippen LogP contribution in [-0.4, -0.2) is 28.8 Å². The van der Waals surface area contributed by atoms with E-state index in [1.807, 2.05) is 6.07 Å². The van der Waals surface area contributed by atoms with E-state index in [1.165, 1.54) is 0 Å². The Balaban J connectivity index is 2.41. The predicted molar refractivity (Wildman–Crippen MR) is 51.6 cm³/mol. The molecule has 0 unspecified atom stereocenters. The highest BCUT2D eigenvalue weighted by Crippen LogP contribution is 2.29. The monoisotopic (exact) mass is 193 g/mol. The zero-order valence-corrected chi connectivity index (χ0v) is 7.53. The Labute approximate surface area is 81.2 Å². The third kappa shape index (κ3) is 1.33. The normalized spacial score (nSPS) is 18.8. The fourth-order valence-corrected chi connectivity index (χ4v) is 1.75. The smallest absolute Gasteiger partial charge is 0.337 e. The van der Waals surface area contributed by atoms with E-state index in [0.717, 1.165) is 5.56 Å². The van der Waals surface area contributed by atoms with Crippen molar-refractivity contribution in [2.24, 2.45) is 0 Å². The van der Waals surface area contributed by atoms with E-state index in [4.69, 9.17) is 10.2 Å². The predicted octanol–water partition coefficient (Wildman–Crippen LogP) is 0.714. The number of carboxylic acids is 1. The van der Waals surface area contributed by atoms with Crippen LogP contribution in [0.4, 0.5) is 5.69 Å². The molecule has 1 aromatic rings. The van der Waals surface area contributed by atoms with Gasteiger partial charge in [0, 0.05) is 0 Å². The molecular weight excluding hydrogens is 182 g/mol. The molecule has 1 atom stereocenters. The van der Waals surface area contributed by atoms with E-state index in [-0.39, 0.29) is 18.2 Å². The van der Waals surface area contributed by atoms with E-state index in [2.05, 4.69) is 5.32 Å². The molecule has 0 fully saturated rings. The lowest BCUT2D eigenvalue weighted by Gasteiger charge is -2.07. The van der Waals surface area contributed by atoms with Crippen molar-refractivity contribution in [2.45, 2.75) is 12.5 Å². The standard InChI is InChI=1S/C10H11NO3/c12-5-7-4-6-2-1-3-8(10(13)14)9(6)11-7/h1-3,7,11-12H,4-5H2,(H,13,14)/t7-/m0/s1. The minimum Gasteiger partial charge on any atom is -0.478 e. The Morgan fingerprint density at radius 3 is 3.00 bits per heavy atom. The number of aliphatic hydroxyl groups is 1. The number of benzene rings is 1. The number of aromatic carboxylic acids is 1. The maximum absolute atomic E-state index is 10.9. The molecule has 0 bridgehead atoms. The Morgan fingerprint density at radius 2 is 2.36 bits per heavy atom. The van der Waals surface area contributed by atoms with Crippen molar-refractivity contribution >= 4 is 11.7 Å². The number of hydrogen-bond donors (Lipinski definition) is 3. The van der Waals surface area contributed by atoms with Crippen molar-refractivity contribution in [3.05, 3.63) is 29.3 Å². The number of aliphatic hydroxyl groups excluding tert-OH is 1. The molecule has 0 saturated heterocycles. The average molecular weight is 193 g/mol. The molecule has 0 aromatic heterocycles. The highest BCUT2D eigenvalue weighted by molar-refractivity contribution is 5.95. The fraction of sp³-hybridized carbons (Fsp3) is 0.300. The summed E-state index contributed by atoms with van der Waals surface area (Å²) in [5, 5.41) is 20.9. The van der Waals surface area contributed by atoms with Gasteiger partial charge in [0.15, 0.2) is 0 Å². The summed E-state index contributed by atoms with van der Waals surface area (Å²) >= 11 is 0. The molecule has 4 nitrogen and oxygen atoms in total. The van der Waals surface area contributed by atoms with Crippen molar-refractivity contribution < 1.29 is 15.0 Å². The lowest BCUT2D eigenvalue weighted by atomic mass is 10.1. The number of anilines is 1. The number of nitrogens with one attached hydrogen (secondary N) is 1. The summed E-state index contributed by atoms with van der Waals surface area (Å²) in [6, 6.07) is 5.12. The average Bonchev–Trinajstić information content (AvgIpc) is 2.59. The number of rotatable bonds is 2. The zero-order valence-electron chi connectivity index (χ0n) is 7.53. The number of para-hydroxylation sites is 1. The number of hydrogen-bond acceptors (Lipinski definition) is 3. The van der Waals surface area contributed by atoms with Crippen molar-refractivity contribution in [2.75, 3.05) is 11.9 Å². The summed E-state index contributed by atoms with van der Waals surface area (Å²) in [4.78, 5) is 10.9. The molecular formula is C10H11NO3. The first-order chi connectivity index (χ1) is 6.72. The van der Waals surface area contributed by atoms with Gasteiger partial charge in [-0.2, -0.15) is 0 Å². The number of carbonyl (C=O) groups is 1. The fourth-order valence-electron chi connectivity index (χ4n) is 1.75. The van der Waals surface area contributed by atoms with Gasteiger partial charge >= 0.3 is 5.97 Å². The van der Waals surface area contributed by atoms with Crippen molar-refractivity contribution in [3.8, 4) is 0 Å².